The Morgan fingerprint density at radius 3 is 2.15 bits per heavy atom. The van der Waals surface area contributed by atoms with Gasteiger partial charge in [0.15, 0.2) is 0 Å². The van der Waals surface area contributed by atoms with Gasteiger partial charge in [0.1, 0.15) is 0 Å². The molecule has 2 nitrogen and oxygen atoms in total. The average molecular weight is 185 g/mol. The van der Waals surface area contributed by atoms with Crippen molar-refractivity contribution in [1.82, 2.24) is 4.90 Å². The summed E-state index contributed by atoms with van der Waals surface area (Å²) in [6.45, 7) is 10.8. The zero-order chi connectivity index (χ0) is 10.1. The standard InChI is InChI=1S/C11H23NO/c1-5-10(2,3)12-8-6-11(4,13)7-9-12/h13H,5-9H2,1-4H3. The summed E-state index contributed by atoms with van der Waals surface area (Å²) in [5.74, 6) is 0. The van der Waals surface area contributed by atoms with Crippen molar-refractivity contribution in [3.63, 3.8) is 0 Å². The molecule has 0 aliphatic carbocycles. The Labute approximate surface area is 81.9 Å². The molecule has 0 atom stereocenters. The number of aliphatic hydroxyl groups is 1. The number of nitrogens with zero attached hydrogens (tertiary/aromatic N) is 1. The van der Waals surface area contributed by atoms with Crippen LogP contribution in [0.25, 0.3) is 0 Å². The van der Waals surface area contributed by atoms with Gasteiger partial charge in [0.05, 0.1) is 5.60 Å². The average Bonchev–Trinajstić information content (AvgIpc) is 2.04. The fourth-order valence-electron chi connectivity index (χ4n) is 1.82. The molecule has 1 rings (SSSR count). The van der Waals surface area contributed by atoms with E-state index < -0.39 is 5.60 Å². The maximum absolute atomic E-state index is 9.80. The highest BCUT2D eigenvalue weighted by molar-refractivity contribution is 4.88. The summed E-state index contributed by atoms with van der Waals surface area (Å²) >= 11 is 0. The van der Waals surface area contributed by atoms with E-state index in [1.165, 1.54) is 6.42 Å². The number of piperidine rings is 1. The smallest absolute Gasteiger partial charge is 0.0644 e. The lowest BCUT2D eigenvalue weighted by Gasteiger charge is -2.44. The van der Waals surface area contributed by atoms with Crippen LogP contribution in [-0.4, -0.2) is 34.2 Å². The van der Waals surface area contributed by atoms with Crippen LogP contribution in [0.5, 0.6) is 0 Å². The molecule has 1 fully saturated rings. The molecule has 78 valence electrons. The Morgan fingerprint density at radius 2 is 1.77 bits per heavy atom. The summed E-state index contributed by atoms with van der Waals surface area (Å²) in [5.41, 5.74) is -0.114. The summed E-state index contributed by atoms with van der Waals surface area (Å²) in [6, 6.07) is 0. The van der Waals surface area contributed by atoms with Gasteiger partial charge in [0, 0.05) is 18.6 Å². The summed E-state index contributed by atoms with van der Waals surface area (Å²) in [4.78, 5) is 2.49. The third-order valence-corrected chi connectivity index (χ3v) is 3.56. The van der Waals surface area contributed by atoms with E-state index in [0.29, 0.717) is 5.54 Å². The van der Waals surface area contributed by atoms with Gasteiger partial charge < -0.3 is 5.11 Å². The first kappa shape index (κ1) is 11.0. The molecule has 1 N–H and O–H groups in total. The van der Waals surface area contributed by atoms with E-state index in [2.05, 4.69) is 25.7 Å². The van der Waals surface area contributed by atoms with Gasteiger partial charge in [-0.15, -0.1) is 0 Å². The Bertz CT molecular complexity index is 165. The molecule has 1 saturated heterocycles. The highest BCUT2D eigenvalue weighted by Crippen LogP contribution is 2.27. The molecule has 13 heavy (non-hydrogen) atoms. The first-order chi connectivity index (χ1) is 5.87. The highest BCUT2D eigenvalue weighted by Gasteiger charge is 2.33. The van der Waals surface area contributed by atoms with Crippen LogP contribution in [0.1, 0.15) is 47.0 Å². The maximum Gasteiger partial charge on any atom is 0.0644 e. The second kappa shape index (κ2) is 3.58. The lowest BCUT2D eigenvalue weighted by Crippen LogP contribution is -2.51. The van der Waals surface area contributed by atoms with Crippen LogP contribution in [0, 0.1) is 0 Å². The Morgan fingerprint density at radius 1 is 1.31 bits per heavy atom. The number of likely N-dealkylation sites (tertiary alicyclic amines) is 1. The van der Waals surface area contributed by atoms with Gasteiger partial charge in [-0.2, -0.15) is 0 Å². The molecule has 1 aliphatic rings. The van der Waals surface area contributed by atoms with Crippen molar-refractivity contribution in [2.45, 2.75) is 58.1 Å². The summed E-state index contributed by atoms with van der Waals surface area (Å²) in [7, 11) is 0. The Kier molecular flexibility index (Phi) is 3.03. The van der Waals surface area contributed by atoms with Gasteiger partial charge in [0.2, 0.25) is 0 Å². The second-order valence-electron chi connectivity index (χ2n) is 5.15. The number of hydrogen-bond acceptors (Lipinski definition) is 2. The predicted octanol–water partition coefficient (Wildman–Crippen LogP) is 2.02. The fourth-order valence-corrected chi connectivity index (χ4v) is 1.82. The Balaban J connectivity index is 2.50. The monoisotopic (exact) mass is 185 g/mol. The first-order valence-electron chi connectivity index (χ1n) is 5.35. The molecule has 0 aromatic rings. The van der Waals surface area contributed by atoms with E-state index in [1.807, 2.05) is 6.92 Å². The summed E-state index contributed by atoms with van der Waals surface area (Å²) in [5, 5.41) is 9.80. The van der Waals surface area contributed by atoms with Gasteiger partial charge in [-0.1, -0.05) is 6.92 Å². The van der Waals surface area contributed by atoms with Gasteiger partial charge in [-0.3, -0.25) is 4.90 Å². The van der Waals surface area contributed by atoms with Crippen LogP contribution < -0.4 is 0 Å². The molecular weight excluding hydrogens is 162 g/mol. The minimum Gasteiger partial charge on any atom is -0.390 e. The summed E-state index contributed by atoms with van der Waals surface area (Å²) in [6.07, 6.45) is 3.00. The molecule has 1 aliphatic heterocycles. The van der Waals surface area contributed by atoms with Crippen molar-refractivity contribution in [1.29, 1.82) is 0 Å². The molecule has 0 aromatic carbocycles. The minimum atomic E-state index is -0.416. The van der Waals surface area contributed by atoms with Gasteiger partial charge in [0.25, 0.3) is 0 Å². The second-order valence-corrected chi connectivity index (χ2v) is 5.15. The van der Waals surface area contributed by atoms with Crippen molar-refractivity contribution < 1.29 is 5.11 Å². The molecular formula is C11H23NO. The summed E-state index contributed by atoms with van der Waals surface area (Å²) < 4.78 is 0. The van der Waals surface area contributed by atoms with Crippen LogP contribution in [0.15, 0.2) is 0 Å². The van der Waals surface area contributed by atoms with Crippen LogP contribution in [0.3, 0.4) is 0 Å². The van der Waals surface area contributed by atoms with Crippen LogP contribution in [0.4, 0.5) is 0 Å². The lowest BCUT2D eigenvalue weighted by atomic mass is 9.89. The molecule has 0 saturated carbocycles. The topological polar surface area (TPSA) is 23.5 Å². The van der Waals surface area contributed by atoms with E-state index >= 15 is 0 Å². The highest BCUT2D eigenvalue weighted by atomic mass is 16.3. The van der Waals surface area contributed by atoms with Crippen molar-refractivity contribution in [3.05, 3.63) is 0 Å². The van der Waals surface area contributed by atoms with Crippen molar-refractivity contribution in [2.24, 2.45) is 0 Å². The molecule has 0 unspecified atom stereocenters. The van der Waals surface area contributed by atoms with Crippen LogP contribution in [-0.2, 0) is 0 Å². The molecule has 0 aromatic heterocycles. The van der Waals surface area contributed by atoms with Crippen LogP contribution in [0.2, 0.25) is 0 Å². The lowest BCUT2D eigenvalue weighted by molar-refractivity contribution is -0.0329. The minimum absolute atomic E-state index is 0.302. The molecule has 0 amide bonds. The fraction of sp³-hybridized carbons (Fsp3) is 1.00. The zero-order valence-corrected chi connectivity index (χ0v) is 9.43. The first-order valence-corrected chi connectivity index (χ1v) is 5.35. The van der Waals surface area contributed by atoms with E-state index in [9.17, 15) is 5.11 Å². The third-order valence-electron chi connectivity index (χ3n) is 3.56. The van der Waals surface area contributed by atoms with Crippen LogP contribution >= 0.6 is 0 Å². The molecule has 2 heteroatoms. The third kappa shape index (κ3) is 2.68. The van der Waals surface area contributed by atoms with Crippen molar-refractivity contribution in [2.75, 3.05) is 13.1 Å². The quantitative estimate of drug-likeness (QED) is 0.711. The molecule has 0 bridgehead atoms. The van der Waals surface area contributed by atoms with E-state index in [0.717, 1.165) is 25.9 Å². The SMILES string of the molecule is CCC(C)(C)N1CCC(C)(O)CC1. The van der Waals surface area contributed by atoms with E-state index in [1.54, 1.807) is 0 Å². The van der Waals surface area contributed by atoms with Gasteiger partial charge >= 0.3 is 0 Å². The van der Waals surface area contributed by atoms with Crippen molar-refractivity contribution >= 4 is 0 Å². The van der Waals surface area contributed by atoms with Gasteiger partial charge in [-0.25, -0.2) is 0 Å². The van der Waals surface area contributed by atoms with E-state index in [-0.39, 0.29) is 0 Å². The molecule has 0 radical (unpaired) electrons. The molecule has 0 spiro atoms. The maximum atomic E-state index is 9.80. The number of hydrogen-bond donors (Lipinski definition) is 1. The largest absolute Gasteiger partial charge is 0.390 e. The Hall–Kier alpha value is -0.0800. The number of rotatable bonds is 2. The molecule has 1 heterocycles. The normalized spacial score (nSPS) is 24.7. The predicted molar refractivity (Wildman–Crippen MR) is 55.8 cm³/mol. The van der Waals surface area contributed by atoms with E-state index in [4.69, 9.17) is 0 Å². The zero-order valence-electron chi connectivity index (χ0n) is 9.43. The van der Waals surface area contributed by atoms with Crippen molar-refractivity contribution in [3.8, 4) is 0 Å². The van der Waals surface area contributed by atoms with Gasteiger partial charge in [-0.05, 0) is 40.0 Å².